The fraction of sp³-hybridized carbons (Fsp3) is 0. The van der Waals surface area contributed by atoms with Gasteiger partial charge in [0.2, 0.25) is 0 Å². The zero-order chi connectivity index (χ0) is 19.0. The molecule has 0 saturated carbocycles. The van der Waals surface area contributed by atoms with Gasteiger partial charge in [0.1, 0.15) is 11.6 Å². The molecule has 0 bridgehead atoms. The number of H-pyrrole nitrogens is 2. The van der Waals surface area contributed by atoms with Crippen LogP contribution in [0.1, 0.15) is 0 Å². The Bertz CT molecular complexity index is 1280. The average molecular weight is 362 g/mol. The van der Waals surface area contributed by atoms with E-state index in [-0.39, 0.29) is 17.3 Å². The molecule has 2 aromatic carbocycles. The van der Waals surface area contributed by atoms with Crippen molar-refractivity contribution in [2.24, 2.45) is 0 Å². The first kappa shape index (κ1) is 16.3. The lowest BCUT2D eigenvalue weighted by molar-refractivity contribution is 0.809. The first-order chi connectivity index (χ1) is 13.1. The predicted octanol–water partition coefficient (Wildman–Crippen LogP) is 0.649. The number of aromatic nitrogens is 5. The summed E-state index contributed by atoms with van der Waals surface area (Å²) in [7, 11) is 0. The minimum absolute atomic E-state index is 0.0857. The highest BCUT2D eigenvalue weighted by atomic mass is 16.2. The van der Waals surface area contributed by atoms with E-state index in [1.807, 2.05) is 6.07 Å². The molecule has 134 valence electrons. The second kappa shape index (κ2) is 6.30. The Morgan fingerprint density at radius 1 is 0.889 bits per heavy atom. The summed E-state index contributed by atoms with van der Waals surface area (Å²) in [4.78, 5) is 44.3. The Hall–Kier alpha value is -4.14. The van der Waals surface area contributed by atoms with Gasteiger partial charge in [-0.3, -0.25) is 4.79 Å². The molecular formula is C18H14N6O3. The van der Waals surface area contributed by atoms with Crippen LogP contribution in [0.25, 0.3) is 22.8 Å². The minimum Gasteiger partial charge on any atom is -0.383 e. The van der Waals surface area contributed by atoms with Gasteiger partial charge in [0.15, 0.2) is 5.69 Å². The maximum Gasteiger partial charge on any atom is 0.356 e. The summed E-state index contributed by atoms with van der Waals surface area (Å²) >= 11 is 0. The summed E-state index contributed by atoms with van der Waals surface area (Å²) in [5, 5.41) is 2.34. The van der Waals surface area contributed by atoms with E-state index < -0.39 is 16.9 Å². The maximum atomic E-state index is 12.7. The van der Waals surface area contributed by atoms with Gasteiger partial charge in [0.05, 0.1) is 5.69 Å². The summed E-state index contributed by atoms with van der Waals surface area (Å²) in [5.41, 5.74) is 4.57. The summed E-state index contributed by atoms with van der Waals surface area (Å²) in [5.74, 6) is 0.178. The summed E-state index contributed by atoms with van der Waals surface area (Å²) < 4.78 is 1.70. The molecule has 0 radical (unpaired) electrons. The van der Waals surface area contributed by atoms with Gasteiger partial charge in [-0.05, 0) is 12.1 Å². The number of rotatable bonds is 3. The number of nitrogens with one attached hydrogen (secondary N) is 2. The molecule has 9 heteroatoms. The van der Waals surface area contributed by atoms with Gasteiger partial charge < -0.3 is 10.7 Å². The lowest BCUT2D eigenvalue weighted by atomic mass is 10.2. The largest absolute Gasteiger partial charge is 0.383 e. The molecule has 9 nitrogen and oxygen atoms in total. The molecular weight excluding hydrogens is 348 g/mol. The summed E-state index contributed by atoms with van der Waals surface area (Å²) in [6, 6.07) is 17.3. The van der Waals surface area contributed by atoms with E-state index in [0.29, 0.717) is 11.3 Å². The third kappa shape index (κ3) is 2.76. The van der Waals surface area contributed by atoms with Crippen molar-refractivity contribution >= 4 is 5.82 Å². The van der Waals surface area contributed by atoms with Crippen molar-refractivity contribution in [3.05, 3.63) is 92.0 Å². The molecule has 0 amide bonds. The molecule has 0 spiro atoms. The summed E-state index contributed by atoms with van der Waals surface area (Å²) in [6.07, 6.45) is 0. The monoisotopic (exact) mass is 362 g/mol. The zero-order valence-electron chi connectivity index (χ0n) is 13.9. The molecule has 0 aliphatic carbocycles. The smallest absolute Gasteiger partial charge is 0.356 e. The highest BCUT2D eigenvalue weighted by molar-refractivity contribution is 5.60. The number of hydrogen-bond acceptors (Lipinski definition) is 5. The number of benzene rings is 2. The Labute approximate surface area is 151 Å². The van der Waals surface area contributed by atoms with Crippen molar-refractivity contribution in [1.82, 2.24) is 24.3 Å². The molecule has 27 heavy (non-hydrogen) atoms. The van der Waals surface area contributed by atoms with Crippen LogP contribution in [0.4, 0.5) is 5.82 Å². The van der Waals surface area contributed by atoms with Crippen molar-refractivity contribution in [3.63, 3.8) is 0 Å². The van der Waals surface area contributed by atoms with Crippen LogP contribution in [0.3, 0.4) is 0 Å². The molecule has 0 unspecified atom stereocenters. The van der Waals surface area contributed by atoms with E-state index in [0.717, 1.165) is 9.25 Å². The van der Waals surface area contributed by atoms with Crippen LogP contribution < -0.4 is 22.7 Å². The van der Waals surface area contributed by atoms with Crippen LogP contribution in [-0.4, -0.2) is 24.3 Å². The van der Waals surface area contributed by atoms with Crippen LogP contribution in [0.5, 0.6) is 0 Å². The van der Waals surface area contributed by atoms with Gasteiger partial charge in [-0.25, -0.2) is 19.3 Å². The van der Waals surface area contributed by atoms with E-state index in [1.165, 1.54) is 0 Å². The van der Waals surface area contributed by atoms with Gasteiger partial charge >= 0.3 is 16.9 Å². The molecule has 2 aromatic heterocycles. The van der Waals surface area contributed by atoms with E-state index in [1.54, 1.807) is 54.6 Å². The van der Waals surface area contributed by atoms with E-state index in [2.05, 4.69) is 15.1 Å². The highest BCUT2D eigenvalue weighted by Crippen LogP contribution is 2.15. The molecule has 0 fully saturated rings. The van der Waals surface area contributed by atoms with Crippen LogP contribution in [0.2, 0.25) is 0 Å². The Morgan fingerprint density at radius 3 is 2.15 bits per heavy atom. The predicted molar refractivity (Wildman–Crippen MR) is 100 cm³/mol. The number of nitrogens with zero attached hydrogens (tertiary/aromatic N) is 3. The molecule has 4 aromatic rings. The van der Waals surface area contributed by atoms with Crippen LogP contribution in [0.15, 0.2) is 75.0 Å². The molecule has 0 saturated heterocycles. The van der Waals surface area contributed by atoms with Crippen molar-refractivity contribution in [2.75, 3.05) is 5.73 Å². The Morgan fingerprint density at radius 2 is 1.52 bits per heavy atom. The summed E-state index contributed by atoms with van der Waals surface area (Å²) in [6.45, 7) is 0. The number of aromatic amines is 2. The topological polar surface area (TPSA) is 132 Å². The van der Waals surface area contributed by atoms with Gasteiger partial charge in [0, 0.05) is 5.56 Å². The Balaban J connectivity index is 1.90. The van der Waals surface area contributed by atoms with Gasteiger partial charge in [-0.2, -0.15) is 9.67 Å². The fourth-order valence-electron chi connectivity index (χ4n) is 2.77. The van der Waals surface area contributed by atoms with Crippen LogP contribution in [-0.2, 0) is 0 Å². The second-order valence-corrected chi connectivity index (χ2v) is 5.72. The number of anilines is 1. The van der Waals surface area contributed by atoms with Crippen molar-refractivity contribution in [1.29, 1.82) is 0 Å². The molecule has 4 rings (SSSR count). The number of nitrogen functional groups attached to an aromatic ring is 1. The Kier molecular flexibility index (Phi) is 3.81. The first-order valence-corrected chi connectivity index (χ1v) is 8.01. The van der Waals surface area contributed by atoms with E-state index in [4.69, 9.17) is 5.73 Å². The average Bonchev–Trinajstić information content (AvgIpc) is 2.96. The number of para-hydroxylation sites is 1. The third-order valence-electron chi connectivity index (χ3n) is 4.00. The molecule has 0 aliphatic rings. The standard InChI is InChI=1S/C18H14N6O3/c19-14-13(16(25)21-15(20-14)11-7-3-1-4-8-11)24-18(27)23(17(26)22-24)12-9-5-2-6-10-12/h1-10H,(H,22,26)(H3,19,20,21,25). The second-order valence-electron chi connectivity index (χ2n) is 5.72. The lowest BCUT2D eigenvalue weighted by Crippen LogP contribution is -2.30. The molecule has 2 heterocycles. The normalized spacial score (nSPS) is 10.8. The third-order valence-corrected chi connectivity index (χ3v) is 4.00. The molecule has 0 atom stereocenters. The number of hydrogen-bond donors (Lipinski definition) is 3. The molecule has 4 N–H and O–H groups in total. The van der Waals surface area contributed by atoms with E-state index in [9.17, 15) is 14.4 Å². The lowest BCUT2D eigenvalue weighted by Gasteiger charge is -2.07. The van der Waals surface area contributed by atoms with Crippen LogP contribution in [0, 0.1) is 0 Å². The van der Waals surface area contributed by atoms with Crippen molar-refractivity contribution < 1.29 is 0 Å². The number of nitrogens with two attached hydrogens (primary N) is 1. The fourth-order valence-corrected chi connectivity index (χ4v) is 2.77. The van der Waals surface area contributed by atoms with Crippen molar-refractivity contribution in [2.45, 2.75) is 0 Å². The minimum atomic E-state index is -0.752. The quantitative estimate of drug-likeness (QED) is 0.492. The molecule has 0 aliphatic heterocycles. The van der Waals surface area contributed by atoms with Crippen LogP contribution >= 0.6 is 0 Å². The highest BCUT2D eigenvalue weighted by Gasteiger charge is 2.18. The van der Waals surface area contributed by atoms with Gasteiger partial charge in [-0.15, -0.1) is 0 Å². The van der Waals surface area contributed by atoms with E-state index >= 15 is 0 Å². The zero-order valence-corrected chi connectivity index (χ0v) is 13.9. The van der Waals surface area contributed by atoms with Gasteiger partial charge in [-0.1, -0.05) is 48.5 Å². The van der Waals surface area contributed by atoms with Gasteiger partial charge in [0.25, 0.3) is 0 Å². The first-order valence-electron chi connectivity index (χ1n) is 8.01. The SMILES string of the molecule is Nc1[nH]c(-c2ccccc2)nc(=O)c1-n1[nH]c(=O)n(-c2ccccc2)c1=O. The van der Waals surface area contributed by atoms with Crippen molar-refractivity contribution in [3.8, 4) is 22.8 Å². The maximum absolute atomic E-state index is 12.7.